The van der Waals surface area contributed by atoms with Crippen LogP contribution in [0, 0.1) is 18.7 Å². The maximum absolute atomic E-state index is 14.9. The number of fused-ring (bicyclic) bond motifs is 3. The molecule has 3 N–H and O–H groups in total. The number of methoxy groups -OCH3 is 1. The van der Waals surface area contributed by atoms with Crippen LogP contribution < -0.4 is 24.8 Å². The predicted octanol–water partition coefficient (Wildman–Crippen LogP) is 7.16. The van der Waals surface area contributed by atoms with Gasteiger partial charge in [0.15, 0.2) is 0 Å². The van der Waals surface area contributed by atoms with E-state index in [1.165, 1.54) is 28.4 Å². The van der Waals surface area contributed by atoms with Crippen LogP contribution in [-0.4, -0.2) is 83.1 Å². The van der Waals surface area contributed by atoms with E-state index in [1.54, 1.807) is 26.2 Å². The molecule has 2 aromatic carbocycles. The van der Waals surface area contributed by atoms with E-state index in [1.807, 2.05) is 42.7 Å². The van der Waals surface area contributed by atoms with Gasteiger partial charge in [-0.2, -0.15) is 0 Å². The maximum atomic E-state index is 14.9. The van der Waals surface area contributed by atoms with Crippen LogP contribution in [0.1, 0.15) is 95.7 Å². The van der Waals surface area contributed by atoms with Gasteiger partial charge < -0.3 is 25.0 Å². The fourth-order valence-corrected chi connectivity index (χ4v) is 10.6. The third kappa shape index (κ3) is 8.57. The van der Waals surface area contributed by atoms with E-state index in [4.69, 9.17) is 19.4 Å². The number of allylic oxidation sites excluding steroid dienone is 1. The van der Waals surface area contributed by atoms with Crippen molar-refractivity contribution in [2.45, 2.75) is 120 Å². The van der Waals surface area contributed by atoms with Gasteiger partial charge in [-0.05, 0) is 94.7 Å². The third-order valence-electron chi connectivity index (χ3n) is 12.7. The number of carbonyl (C=O) groups excluding carboxylic acids is 3. The van der Waals surface area contributed by atoms with Crippen LogP contribution in [0.5, 0.6) is 11.5 Å². The Morgan fingerprint density at radius 3 is 2.54 bits per heavy atom. The molecule has 4 heterocycles. The summed E-state index contributed by atoms with van der Waals surface area (Å²) >= 11 is 1.49. The second kappa shape index (κ2) is 16.6. The molecule has 1 saturated heterocycles. The second-order valence-corrected chi connectivity index (χ2v) is 20.5. The van der Waals surface area contributed by atoms with Gasteiger partial charge >= 0.3 is 0 Å². The first-order chi connectivity index (χ1) is 29.1. The van der Waals surface area contributed by atoms with Crippen molar-refractivity contribution in [3.05, 3.63) is 77.1 Å². The van der Waals surface area contributed by atoms with Crippen molar-refractivity contribution >= 4 is 55.7 Å². The van der Waals surface area contributed by atoms with Gasteiger partial charge in [0.2, 0.25) is 21.8 Å². The van der Waals surface area contributed by atoms with Gasteiger partial charge in [-0.3, -0.25) is 19.1 Å². The number of aromatic nitrogens is 2. The summed E-state index contributed by atoms with van der Waals surface area (Å²) in [5.41, 5.74) is 2.07. The zero-order valence-electron chi connectivity index (χ0n) is 35.1. The summed E-state index contributed by atoms with van der Waals surface area (Å²) in [5, 5.41) is 9.72. The van der Waals surface area contributed by atoms with Crippen LogP contribution >= 0.6 is 11.3 Å². The van der Waals surface area contributed by atoms with Gasteiger partial charge in [0, 0.05) is 40.4 Å². The van der Waals surface area contributed by atoms with Crippen LogP contribution in [0.4, 0.5) is 10.1 Å². The molecule has 3 fully saturated rings. The van der Waals surface area contributed by atoms with Crippen LogP contribution in [-0.2, 0) is 24.4 Å². The Labute approximate surface area is 359 Å². The lowest BCUT2D eigenvalue weighted by Crippen LogP contribution is -2.58. The molecule has 16 heteroatoms. The van der Waals surface area contributed by atoms with Crippen molar-refractivity contribution in [3.63, 3.8) is 0 Å². The largest absolute Gasteiger partial charge is 0.496 e. The number of halogens is 1. The predicted molar refractivity (Wildman–Crippen MR) is 232 cm³/mol. The van der Waals surface area contributed by atoms with E-state index < -0.39 is 62.0 Å². The highest BCUT2D eigenvalue weighted by atomic mass is 32.2. The number of hydrogen-bond acceptors (Lipinski definition) is 11. The number of aryl methyl sites for hydroxylation is 1. The van der Waals surface area contributed by atoms with Crippen molar-refractivity contribution in [2.24, 2.45) is 5.92 Å². The standard InChI is InChI=1S/C45H53FN6O7S2/c1-26(2)35-25-60-41(49-35)34-22-38(32-17-18-37(58-5)27(3)39(32)48-34)59-31-21-36-40(53)50-45(43(55)51-61(56,57)44(4)19-20-44)23-28(45)11-9-7-6-8-10-12-33(42(54)52(36)24-31)47-30-15-13-29(46)14-16-30/h9,11,13-18,22,25-26,28,31,33,36,47H,6-8,10,12,19-21,23-24H2,1-5H3,(H,50,53)(H,51,55)/b11-9-/t28-,31+,33-,36-,45+/m0/s1. The van der Waals surface area contributed by atoms with Crippen LogP contribution in [0.15, 0.2) is 60.0 Å². The van der Waals surface area contributed by atoms with E-state index >= 15 is 0 Å². The monoisotopic (exact) mass is 872 g/mol. The summed E-state index contributed by atoms with van der Waals surface area (Å²) in [6.07, 6.45) is 7.89. The molecular weight excluding hydrogens is 820 g/mol. The summed E-state index contributed by atoms with van der Waals surface area (Å²) in [6.45, 7) is 7.72. The van der Waals surface area contributed by atoms with Crippen molar-refractivity contribution in [3.8, 4) is 22.2 Å². The number of nitrogens with zero attached hydrogens (tertiary/aromatic N) is 3. The Morgan fingerprint density at radius 1 is 1.07 bits per heavy atom. The molecule has 61 heavy (non-hydrogen) atoms. The number of anilines is 1. The molecule has 2 aromatic heterocycles. The Kier molecular flexibility index (Phi) is 11.6. The fourth-order valence-electron chi connectivity index (χ4n) is 8.35. The number of carbonyl (C=O) groups is 3. The number of benzene rings is 2. The average molecular weight is 873 g/mol. The number of ether oxygens (including phenoxy) is 2. The Balaban J connectivity index is 1.15. The first-order valence-corrected chi connectivity index (χ1v) is 23.5. The van der Waals surface area contributed by atoms with Gasteiger partial charge in [-0.25, -0.2) is 22.8 Å². The van der Waals surface area contributed by atoms with Crippen molar-refractivity contribution < 1.29 is 36.7 Å². The highest BCUT2D eigenvalue weighted by Crippen LogP contribution is 2.48. The molecule has 8 rings (SSSR count). The van der Waals surface area contributed by atoms with E-state index in [0.29, 0.717) is 59.5 Å². The smallest absolute Gasteiger partial charge is 0.259 e. The number of amides is 3. The highest BCUT2D eigenvalue weighted by molar-refractivity contribution is 7.91. The molecule has 13 nitrogen and oxygen atoms in total. The lowest BCUT2D eigenvalue weighted by atomic mass is 10.0. The van der Waals surface area contributed by atoms with E-state index in [2.05, 4.69) is 29.2 Å². The molecule has 2 aliphatic heterocycles. The van der Waals surface area contributed by atoms with E-state index in [0.717, 1.165) is 35.5 Å². The SMILES string of the molecule is COc1ccc2c(O[C@@H]3C[C@H]4C(=O)N[C@]5(C(=O)NS(=O)(=O)C6(C)CC6)C[C@@H]5/C=C\CCCCC[C@H](Nc5ccc(F)cc5)C(=O)N4C3)cc(-c3nc(C(C)C)cs3)nc2c1C. The molecule has 0 radical (unpaired) electrons. The van der Waals surface area contributed by atoms with E-state index in [9.17, 15) is 27.2 Å². The molecular formula is C45H53FN6O7S2. The number of rotatable bonds is 10. The van der Waals surface area contributed by atoms with Crippen LogP contribution in [0.25, 0.3) is 21.6 Å². The number of sulfonamides is 1. The lowest BCUT2D eigenvalue weighted by Gasteiger charge is -2.30. The Bertz CT molecular complexity index is 2490. The van der Waals surface area contributed by atoms with Gasteiger partial charge in [0.05, 0.1) is 29.6 Å². The van der Waals surface area contributed by atoms with E-state index in [-0.39, 0.29) is 31.2 Å². The van der Waals surface area contributed by atoms with Gasteiger partial charge in [-0.1, -0.05) is 38.8 Å². The second-order valence-electron chi connectivity index (χ2n) is 17.4. The minimum atomic E-state index is -4.00. The summed E-state index contributed by atoms with van der Waals surface area (Å²) in [6, 6.07) is 9.52. The summed E-state index contributed by atoms with van der Waals surface area (Å²) < 4.78 is 54.3. The highest BCUT2D eigenvalue weighted by Gasteiger charge is 2.63. The molecule has 324 valence electrons. The minimum absolute atomic E-state index is 0.0385. The summed E-state index contributed by atoms with van der Waals surface area (Å²) in [4.78, 5) is 55.0. The van der Waals surface area contributed by atoms with Crippen molar-refractivity contribution in [1.29, 1.82) is 0 Å². The molecule has 0 bridgehead atoms. The number of thiazole rings is 1. The molecule has 2 saturated carbocycles. The average Bonchev–Trinajstić information content (AvgIpc) is 4.00. The third-order valence-corrected chi connectivity index (χ3v) is 15.7. The van der Waals surface area contributed by atoms with Crippen molar-refractivity contribution in [1.82, 2.24) is 24.9 Å². The summed E-state index contributed by atoms with van der Waals surface area (Å²) in [7, 11) is -2.40. The molecule has 3 amide bonds. The zero-order valence-corrected chi connectivity index (χ0v) is 36.8. The molecule has 4 aliphatic rings. The van der Waals surface area contributed by atoms with Crippen LogP contribution in [0.3, 0.4) is 0 Å². The first-order valence-electron chi connectivity index (χ1n) is 21.1. The topological polar surface area (TPSA) is 169 Å². The normalized spacial score (nSPS) is 25.7. The summed E-state index contributed by atoms with van der Waals surface area (Å²) in [5.74, 6) is -1.18. The number of pyridine rings is 1. The minimum Gasteiger partial charge on any atom is -0.496 e. The Morgan fingerprint density at radius 2 is 1.84 bits per heavy atom. The first kappa shape index (κ1) is 42.6. The molecule has 2 aliphatic carbocycles. The zero-order chi connectivity index (χ0) is 43.3. The Hall–Kier alpha value is -5.09. The quantitative estimate of drug-likeness (QED) is 0.139. The molecule has 0 unspecified atom stereocenters. The molecule has 4 aromatic rings. The maximum Gasteiger partial charge on any atom is 0.259 e. The number of nitrogens with one attached hydrogen (secondary N) is 3. The van der Waals surface area contributed by atoms with Gasteiger partial charge in [0.25, 0.3) is 5.91 Å². The number of hydrogen-bond donors (Lipinski definition) is 3. The van der Waals surface area contributed by atoms with Gasteiger partial charge in [0.1, 0.15) is 51.7 Å². The fraction of sp³-hybridized carbons (Fsp3) is 0.489. The lowest BCUT2D eigenvalue weighted by molar-refractivity contribution is -0.140. The van der Waals surface area contributed by atoms with Crippen molar-refractivity contribution in [2.75, 3.05) is 19.0 Å². The van der Waals surface area contributed by atoms with Crippen LogP contribution in [0.2, 0.25) is 0 Å². The molecule has 5 atom stereocenters. The van der Waals surface area contributed by atoms with Gasteiger partial charge in [-0.15, -0.1) is 11.3 Å². The molecule has 0 spiro atoms.